The van der Waals surface area contributed by atoms with Gasteiger partial charge in [0.2, 0.25) is 10.0 Å². The molecule has 1 saturated heterocycles. The summed E-state index contributed by atoms with van der Waals surface area (Å²) >= 11 is 12.0. The third-order valence-electron chi connectivity index (χ3n) is 5.16. The van der Waals surface area contributed by atoms with E-state index in [9.17, 15) is 13.2 Å². The molecule has 28 heavy (non-hydrogen) atoms. The van der Waals surface area contributed by atoms with Crippen molar-refractivity contribution < 1.29 is 13.2 Å². The molecule has 0 saturated carbocycles. The second-order valence-corrected chi connectivity index (χ2v) is 9.55. The van der Waals surface area contributed by atoms with Crippen molar-refractivity contribution in [2.45, 2.75) is 32.2 Å². The van der Waals surface area contributed by atoms with Crippen LogP contribution in [0.1, 0.15) is 28.7 Å². The number of aromatic nitrogens is 1. The fourth-order valence-electron chi connectivity index (χ4n) is 3.62. The van der Waals surface area contributed by atoms with Crippen molar-refractivity contribution in [1.29, 1.82) is 0 Å². The van der Waals surface area contributed by atoms with Crippen molar-refractivity contribution in [3.8, 4) is 0 Å². The van der Waals surface area contributed by atoms with Crippen LogP contribution in [0.25, 0.3) is 0 Å². The lowest BCUT2D eigenvalue weighted by Gasteiger charge is -2.34. The summed E-state index contributed by atoms with van der Waals surface area (Å²) in [5.41, 5.74) is 2.65. The summed E-state index contributed by atoms with van der Waals surface area (Å²) in [6, 6.07) is 6.28. The van der Waals surface area contributed by atoms with E-state index < -0.39 is 10.0 Å². The number of amides is 1. The first kappa shape index (κ1) is 21.2. The number of hydrogen-bond acceptors (Lipinski definition) is 3. The van der Waals surface area contributed by atoms with Crippen LogP contribution in [0.4, 0.5) is 0 Å². The minimum atomic E-state index is -3.77. The van der Waals surface area contributed by atoms with Gasteiger partial charge in [0.25, 0.3) is 5.91 Å². The lowest BCUT2D eigenvalue weighted by atomic mass is 10.2. The molecule has 0 N–H and O–H groups in total. The average molecular weight is 444 g/mol. The molecular weight excluding hydrogens is 421 g/mol. The van der Waals surface area contributed by atoms with Crippen LogP contribution >= 0.6 is 23.2 Å². The summed E-state index contributed by atoms with van der Waals surface area (Å²) < 4.78 is 29.3. The Hall–Kier alpha value is -1.54. The molecule has 1 aromatic carbocycles. The number of benzene rings is 1. The molecule has 0 aliphatic carbocycles. The molecule has 1 aliphatic heterocycles. The van der Waals surface area contributed by atoms with Gasteiger partial charge in [-0.2, -0.15) is 4.31 Å². The molecule has 6 nitrogen and oxygen atoms in total. The first-order valence-electron chi connectivity index (χ1n) is 9.08. The van der Waals surface area contributed by atoms with Gasteiger partial charge in [-0.3, -0.25) is 4.79 Å². The monoisotopic (exact) mass is 443 g/mol. The first-order chi connectivity index (χ1) is 13.2. The topological polar surface area (TPSA) is 62.6 Å². The molecule has 1 aliphatic rings. The molecule has 1 amide bonds. The molecule has 0 radical (unpaired) electrons. The molecule has 0 atom stereocenters. The second kappa shape index (κ2) is 8.06. The van der Waals surface area contributed by atoms with Crippen LogP contribution in [-0.4, -0.2) is 54.3 Å². The Bertz CT molecular complexity index is 1010. The Morgan fingerprint density at radius 1 is 1.07 bits per heavy atom. The van der Waals surface area contributed by atoms with Crippen molar-refractivity contribution in [3.63, 3.8) is 0 Å². The molecule has 9 heteroatoms. The Kier molecular flexibility index (Phi) is 6.10. The molecule has 1 fully saturated rings. The molecule has 2 heterocycles. The summed E-state index contributed by atoms with van der Waals surface area (Å²) in [6.45, 7) is 7.83. The van der Waals surface area contributed by atoms with E-state index >= 15 is 0 Å². The molecule has 1 aromatic heterocycles. The predicted molar refractivity (Wildman–Crippen MR) is 111 cm³/mol. The Morgan fingerprint density at radius 3 is 2.29 bits per heavy atom. The number of carbonyl (C=O) groups is 1. The van der Waals surface area contributed by atoms with Crippen molar-refractivity contribution in [2.75, 3.05) is 26.2 Å². The largest absolute Gasteiger partial charge is 0.349 e. The Labute approximate surface area is 175 Å². The number of rotatable bonds is 4. The molecule has 3 rings (SSSR count). The minimum absolute atomic E-state index is 0.00654. The van der Waals surface area contributed by atoms with Gasteiger partial charge in [-0.25, -0.2) is 8.42 Å². The van der Waals surface area contributed by atoms with Crippen LogP contribution < -0.4 is 0 Å². The van der Waals surface area contributed by atoms with Crippen LogP contribution in [0.2, 0.25) is 10.0 Å². The van der Waals surface area contributed by atoms with E-state index in [2.05, 4.69) is 4.57 Å². The molecule has 2 aromatic rings. The van der Waals surface area contributed by atoms with Crippen LogP contribution in [0.15, 0.2) is 29.2 Å². The van der Waals surface area contributed by atoms with Gasteiger partial charge in [0.1, 0.15) is 4.90 Å². The third kappa shape index (κ3) is 3.81. The highest BCUT2D eigenvalue weighted by atomic mass is 35.5. The van der Waals surface area contributed by atoms with Crippen LogP contribution in [0, 0.1) is 13.8 Å². The van der Waals surface area contributed by atoms with E-state index in [0.29, 0.717) is 23.7 Å². The molecular formula is C19H23Cl2N3O3S. The molecule has 0 bridgehead atoms. The molecule has 0 unspecified atom stereocenters. The fraction of sp³-hybridized carbons (Fsp3) is 0.421. The van der Waals surface area contributed by atoms with Crippen LogP contribution in [-0.2, 0) is 16.6 Å². The maximum absolute atomic E-state index is 12.9. The second-order valence-electron chi connectivity index (χ2n) is 6.80. The lowest BCUT2D eigenvalue weighted by Crippen LogP contribution is -2.50. The van der Waals surface area contributed by atoms with Gasteiger partial charge in [0.15, 0.2) is 0 Å². The van der Waals surface area contributed by atoms with E-state index in [4.69, 9.17) is 23.2 Å². The normalized spacial score (nSPS) is 15.8. The third-order valence-corrected chi connectivity index (χ3v) is 7.77. The van der Waals surface area contributed by atoms with E-state index in [-0.39, 0.29) is 28.9 Å². The van der Waals surface area contributed by atoms with Gasteiger partial charge in [-0.1, -0.05) is 23.2 Å². The maximum atomic E-state index is 12.9. The number of nitrogens with zero attached hydrogens (tertiary/aromatic N) is 3. The van der Waals surface area contributed by atoms with Crippen LogP contribution in [0.3, 0.4) is 0 Å². The maximum Gasteiger partial charge on any atom is 0.255 e. The highest BCUT2D eigenvalue weighted by molar-refractivity contribution is 7.89. The van der Waals surface area contributed by atoms with E-state index in [1.807, 2.05) is 26.8 Å². The first-order valence-corrected chi connectivity index (χ1v) is 11.3. The fourth-order valence-corrected chi connectivity index (χ4v) is 5.78. The zero-order chi connectivity index (χ0) is 20.6. The number of halogens is 2. The van der Waals surface area contributed by atoms with Crippen molar-refractivity contribution in [1.82, 2.24) is 13.8 Å². The van der Waals surface area contributed by atoms with Gasteiger partial charge in [-0.05, 0) is 45.0 Å². The summed E-state index contributed by atoms with van der Waals surface area (Å²) in [5, 5.41) is 0.443. The number of aryl methyl sites for hydroxylation is 1. The Morgan fingerprint density at radius 2 is 1.71 bits per heavy atom. The SMILES string of the molecule is CCn1c(C)cc(C(=O)N2CCN(S(=O)(=O)c3cc(Cl)ccc3Cl)CC2)c1C. The van der Waals surface area contributed by atoms with Gasteiger partial charge >= 0.3 is 0 Å². The number of carbonyl (C=O) groups excluding carboxylic acids is 1. The lowest BCUT2D eigenvalue weighted by molar-refractivity contribution is 0.0697. The average Bonchev–Trinajstić information content (AvgIpc) is 2.96. The zero-order valence-electron chi connectivity index (χ0n) is 16.1. The van der Waals surface area contributed by atoms with Crippen molar-refractivity contribution in [3.05, 3.63) is 51.3 Å². The number of sulfonamides is 1. The van der Waals surface area contributed by atoms with Gasteiger partial charge < -0.3 is 9.47 Å². The highest BCUT2D eigenvalue weighted by Gasteiger charge is 2.32. The summed E-state index contributed by atoms with van der Waals surface area (Å²) in [7, 11) is -3.77. The summed E-state index contributed by atoms with van der Waals surface area (Å²) in [5.74, 6) is -0.0642. The minimum Gasteiger partial charge on any atom is -0.349 e. The zero-order valence-corrected chi connectivity index (χ0v) is 18.4. The van der Waals surface area contributed by atoms with Gasteiger partial charge in [-0.15, -0.1) is 0 Å². The predicted octanol–water partition coefficient (Wildman–Crippen LogP) is 3.58. The quantitative estimate of drug-likeness (QED) is 0.725. The smallest absolute Gasteiger partial charge is 0.255 e. The Balaban J connectivity index is 1.75. The van der Waals surface area contributed by atoms with Crippen molar-refractivity contribution in [2.24, 2.45) is 0 Å². The van der Waals surface area contributed by atoms with Gasteiger partial charge in [0, 0.05) is 49.1 Å². The number of piperazine rings is 1. The molecule has 0 spiro atoms. The standard InChI is InChI=1S/C19H23Cl2N3O3S/c1-4-24-13(2)11-16(14(24)3)19(25)22-7-9-23(10-8-22)28(26,27)18-12-15(20)5-6-17(18)21/h5-6,11-12H,4,7-10H2,1-3H3. The molecule has 152 valence electrons. The van der Waals surface area contributed by atoms with Crippen LogP contribution in [0.5, 0.6) is 0 Å². The summed E-state index contributed by atoms with van der Waals surface area (Å²) in [4.78, 5) is 14.6. The highest BCUT2D eigenvalue weighted by Crippen LogP contribution is 2.28. The summed E-state index contributed by atoms with van der Waals surface area (Å²) in [6.07, 6.45) is 0. The van der Waals surface area contributed by atoms with Gasteiger partial charge in [0.05, 0.1) is 10.6 Å². The van der Waals surface area contributed by atoms with E-state index in [1.165, 1.54) is 16.4 Å². The van der Waals surface area contributed by atoms with E-state index in [0.717, 1.165) is 17.9 Å². The number of hydrogen-bond donors (Lipinski definition) is 0. The van der Waals surface area contributed by atoms with E-state index in [1.54, 1.807) is 11.0 Å². The van der Waals surface area contributed by atoms with Crippen molar-refractivity contribution >= 4 is 39.1 Å².